The Kier molecular flexibility index (Phi) is 3.34. The lowest BCUT2D eigenvalue weighted by molar-refractivity contribution is 0.597. The molecule has 1 aromatic heterocycles. The molecule has 0 spiro atoms. The van der Waals surface area contributed by atoms with Crippen molar-refractivity contribution >= 4 is 9.84 Å². The first kappa shape index (κ1) is 12.6. The number of rotatable bonds is 3. The summed E-state index contributed by atoms with van der Waals surface area (Å²) in [5, 5.41) is 0. The molecule has 4 nitrogen and oxygen atoms in total. The fourth-order valence-electron chi connectivity index (χ4n) is 1.62. The second kappa shape index (κ2) is 4.78. The second-order valence-corrected chi connectivity index (χ2v) is 6.08. The summed E-state index contributed by atoms with van der Waals surface area (Å²) < 4.78 is 24.8. The highest BCUT2D eigenvalue weighted by Gasteiger charge is 2.11. The van der Waals surface area contributed by atoms with E-state index >= 15 is 0 Å². The number of pyridine rings is 1. The highest BCUT2D eigenvalue weighted by molar-refractivity contribution is 7.91. The van der Waals surface area contributed by atoms with Gasteiger partial charge in [0.05, 0.1) is 10.6 Å². The van der Waals surface area contributed by atoms with Crippen LogP contribution >= 0.6 is 0 Å². The molecule has 0 saturated carbocycles. The molecule has 0 aliphatic heterocycles. The number of hydrogen-bond acceptors (Lipinski definition) is 3. The third-order valence-corrected chi connectivity index (χ3v) is 4.43. The summed E-state index contributed by atoms with van der Waals surface area (Å²) >= 11 is 0. The van der Waals surface area contributed by atoms with Gasteiger partial charge in [0.2, 0.25) is 0 Å². The van der Waals surface area contributed by atoms with E-state index in [1.54, 1.807) is 37.4 Å². The van der Waals surface area contributed by atoms with Crippen LogP contribution in [0.4, 0.5) is 0 Å². The van der Waals surface area contributed by atoms with Gasteiger partial charge in [0.25, 0.3) is 5.56 Å². The van der Waals surface area contributed by atoms with Crippen LogP contribution in [0.2, 0.25) is 0 Å². The summed E-state index contributed by atoms with van der Waals surface area (Å²) in [4.78, 5) is 11.9. The Morgan fingerprint density at radius 3 is 2.28 bits per heavy atom. The quantitative estimate of drug-likeness (QED) is 0.845. The Morgan fingerprint density at radius 2 is 1.72 bits per heavy atom. The van der Waals surface area contributed by atoms with Crippen molar-refractivity contribution < 1.29 is 8.42 Å². The van der Waals surface area contributed by atoms with Crippen LogP contribution in [0.25, 0.3) is 5.69 Å². The summed E-state index contributed by atoms with van der Waals surface area (Å²) in [6, 6.07) is 11.2. The van der Waals surface area contributed by atoms with E-state index in [2.05, 4.69) is 0 Å². The minimum absolute atomic E-state index is 0.0671. The minimum atomic E-state index is -3.19. The zero-order chi connectivity index (χ0) is 13.2. The van der Waals surface area contributed by atoms with Gasteiger partial charge in [0.1, 0.15) is 0 Å². The molecule has 1 aromatic carbocycles. The van der Waals surface area contributed by atoms with Crippen molar-refractivity contribution in [2.75, 3.05) is 5.75 Å². The lowest BCUT2D eigenvalue weighted by Crippen LogP contribution is -2.15. The Labute approximate surface area is 105 Å². The summed E-state index contributed by atoms with van der Waals surface area (Å²) in [5.41, 5.74) is 0.499. The number of benzene rings is 1. The lowest BCUT2D eigenvalue weighted by atomic mass is 10.3. The SMILES string of the molecule is CCS(=O)(=O)c1ccc(-n2ccccc2=O)cc1. The molecule has 2 aromatic rings. The van der Waals surface area contributed by atoms with E-state index in [4.69, 9.17) is 0 Å². The van der Waals surface area contributed by atoms with Gasteiger partial charge in [-0.15, -0.1) is 0 Å². The average molecular weight is 263 g/mol. The van der Waals surface area contributed by atoms with Crippen molar-refractivity contribution in [1.29, 1.82) is 0 Å². The van der Waals surface area contributed by atoms with Crippen molar-refractivity contribution in [1.82, 2.24) is 4.57 Å². The molecule has 0 aliphatic rings. The highest BCUT2D eigenvalue weighted by atomic mass is 32.2. The van der Waals surface area contributed by atoms with Crippen molar-refractivity contribution in [3.8, 4) is 5.69 Å². The number of hydrogen-bond donors (Lipinski definition) is 0. The van der Waals surface area contributed by atoms with Gasteiger partial charge in [-0.1, -0.05) is 13.0 Å². The fourth-order valence-corrected chi connectivity index (χ4v) is 2.51. The van der Waals surface area contributed by atoms with Crippen LogP contribution in [-0.2, 0) is 9.84 Å². The normalized spacial score (nSPS) is 11.4. The molecule has 0 fully saturated rings. The molecule has 0 atom stereocenters. The molecule has 0 N–H and O–H groups in total. The second-order valence-electron chi connectivity index (χ2n) is 3.81. The molecular formula is C13H13NO3S. The van der Waals surface area contributed by atoms with E-state index in [1.165, 1.54) is 22.8 Å². The molecule has 5 heteroatoms. The lowest BCUT2D eigenvalue weighted by Gasteiger charge is -2.06. The van der Waals surface area contributed by atoms with E-state index in [0.29, 0.717) is 5.69 Å². The average Bonchev–Trinajstić information content (AvgIpc) is 2.39. The van der Waals surface area contributed by atoms with Gasteiger partial charge in [0.15, 0.2) is 9.84 Å². The maximum atomic E-state index is 11.6. The third kappa shape index (κ3) is 2.36. The van der Waals surface area contributed by atoms with Crippen LogP contribution in [0.3, 0.4) is 0 Å². The van der Waals surface area contributed by atoms with Gasteiger partial charge in [0, 0.05) is 18.0 Å². The molecule has 0 radical (unpaired) electrons. The van der Waals surface area contributed by atoms with Crippen molar-refractivity contribution in [2.45, 2.75) is 11.8 Å². The van der Waals surface area contributed by atoms with Crippen molar-refractivity contribution in [3.05, 3.63) is 59.0 Å². The summed E-state index contributed by atoms with van der Waals surface area (Å²) in [5.74, 6) is 0.0671. The predicted octanol–water partition coefficient (Wildman–Crippen LogP) is 1.63. The van der Waals surface area contributed by atoms with E-state index in [1.807, 2.05) is 0 Å². The van der Waals surface area contributed by atoms with E-state index < -0.39 is 9.84 Å². The van der Waals surface area contributed by atoms with Crippen LogP contribution in [0, 0.1) is 0 Å². The Hall–Kier alpha value is -1.88. The maximum Gasteiger partial charge on any atom is 0.255 e. The predicted molar refractivity (Wildman–Crippen MR) is 69.8 cm³/mol. The summed E-state index contributed by atoms with van der Waals surface area (Å²) in [6.45, 7) is 1.60. The van der Waals surface area contributed by atoms with Gasteiger partial charge in [-0.2, -0.15) is 0 Å². The maximum absolute atomic E-state index is 11.6. The molecule has 0 saturated heterocycles. The molecule has 18 heavy (non-hydrogen) atoms. The van der Waals surface area contributed by atoms with Crippen LogP contribution in [0.5, 0.6) is 0 Å². The van der Waals surface area contributed by atoms with Crippen molar-refractivity contribution in [3.63, 3.8) is 0 Å². The Bertz CT molecular complexity index is 700. The molecule has 94 valence electrons. The van der Waals surface area contributed by atoms with Crippen molar-refractivity contribution in [2.24, 2.45) is 0 Å². The molecule has 0 amide bonds. The fraction of sp³-hybridized carbons (Fsp3) is 0.154. The van der Waals surface area contributed by atoms with Crippen LogP contribution in [-0.4, -0.2) is 18.7 Å². The molecular weight excluding hydrogens is 250 g/mol. The van der Waals surface area contributed by atoms with Gasteiger partial charge in [-0.25, -0.2) is 8.42 Å². The van der Waals surface area contributed by atoms with Gasteiger partial charge in [-0.3, -0.25) is 9.36 Å². The molecule has 2 rings (SSSR count). The third-order valence-electron chi connectivity index (χ3n) is 2.68. The number of sulfone groups is 1. The molecule has 0 aliphatic carbocycles. The van der Waals surface area contributed by atoms with Crippen LogP contribution in [0.1, 0.15) is 6.92 Å². The topological polar surface area (TPSA) is 56.1 Å². The Morgan fingerprint density at radius 1 is 1.06 bits per heavy atom. The first-order valence-corrected chi connectivity index (χ1v) is 7.21. The number of aromatic nitrogens is 1. The monoisotopic (exact) mass is 263 g/mol. The van der Waals surface area contributed by atoms with Gasteiger partial charge in [-0.05, 0) is 30.3 Å². The smallest absolute Gasteiger partial charge is 0.255 e. The first-order chi connectivity index (χ1) is 8.54. The van der Waals surface area contributed by atoms with Crippen LogP contribution < -0.4 is 5.56 Å². The van der Waals surface area contributed by atoms with E-state index in [9.17, 15) is 13.2 Å². The number of nitrogens with zero attached hydrogens (tertiary/aromatic N) is 1. The largest absolute Gasteiger partial charge is 0.284 e. The van der Waals surface area contributed by atoms with E-state index in [0.717, 1.165) is 0 Å². The summed E-state index contributed by atoms with van der Waals surface area (Å²) in [6.07, 6.45) is 1.64. The molecule has 0 unspecified atom stereocenters. The van der Waals surface area contributed by atoms with Gasteiger partial charge < -0.3 is 0 Å². The summed E-state index contributed by atoms with van der Waals surface area (Å²) in [7, 11) is -3.19. The van der Waals surface area contributed by atoms with E-state index in [-0.39, 0.29) is 16.2 Å². The molecule has 0 bridgehead atoms. The van der Waals surface area contributed by atoms with Crippen LogP contribution in [0.15, 0.2) is 58.4 Å². The van der Waals surface area contributed by atoms with Gasteiger partial charge >= 0.3 is 0 Å². The minimum Gasteiger partial charge on any atom is -0.284 e. The zero-order valence-corrected chi connectivity index (χ0v) is 10.7. The Balaban J connectivity index is 2.47. The first-order valence-electron chi connectivity index (χ1n) is 5.55. The molecule has 1 heterocycles. The zero-order valence-electron chi connectivity index (χ0n) is 9.91. The highest BCUT2D eigenvalue weighted by Crippen LogP contribution is 2.13. The standard InChI is InChI=1S/C13H13NO3S/c1-2-18(16,17)12-8-6-11(7-9-12)14-10-4-3-5-13(14)15/h3-10H,2H2,1H3.